The van der Waals surface area contributed by atoms with Crippen LogP contribution in [0.5, 0.6) is 5.75 Å². The Bertz CT molecular complexity index is 460. The summed E-state index contributed by atoms with van der Waals surface area (Å²) in [6.45, 7) is 2.56. The Morgan fingerprint density at radius 3 is 2.60 bits per heavy atom. The Hall–Kier alpha value is -1.88. The molecular weight excluding hydrogens is 260 g/mol. The van der Waals surface area contributed by atoms with Gasteiger partial charge in [-0.3, -0.25) is 4.79 Å². The van der Waals surface area contributed by atoms with E-state index in [1.165, 1.54) is 0 Å². The SMILES string of the molecule is CCOC(=O)C(=O)c1ccc(OC2CCCCO2)cc1. The number of hydrogen-bond acceptors (Lipinski definition) is 5. The number of esters is 1. The maximum atomic E-state index is 11.7. The van der Waals surface area contributed by atoms with Crippen molar-refractivity contribution < 1.29 is 23.8 Å². The van der Waals surface area contributed by atoms with Crippen LogP contribution in [0.1, 0.15) is 36.5 Å². The largest absolute Gasteiger partial charge is 0.465 e. The molecule has 1 aliphatic heterocycles. The van der Waals surface area contributed by atoms with Crippen molar-refractivity contribution in [2.24, 2.45) is 0 Å². The molecule has 1 fully saturated rings. The van der Waals surface area contributed by atoms with Gasteiger partial charge in [-0.15, -0.1) is 0 Å². The summed E-state index contributed by atoms with van der Waals surface area (Å²) in [6, 6.07) is 6.42. The number of Topliss-reactive ketones (excluding diaryl/α,β-unsaturated/α-hetero) is 1. The van der Waals surface area contributed by atoms with Crippen molar-refractivity contribution >= 4 is 11.8 Å². The standard InChI is InChI=1S/C15H18O5/c1-2-18-15(17)14(16)11-6-8-12(9-7-11)20-13-5-3-4-10-19-13/h6-9,13H,2-5,10H2,1H3. The zero-order valence-corrected chi connectivity index (χ0v) is 11.5. The van der Waals surface area contributed by atoms with Crippen LogP contribution < -0.4 is 4.74 Å². The van der Waals surface area contributed by atoms with Gasteiger partial charge in [0.2, 0.25) is 0 Å². The van der Waals surface area contributed by atoms with Crippen LogP contribution in [0.25, 0.3) is 0 Å². The molecule has 0 spiro atoms. The molecular formula is C15H18O5. The lowest BCUT2D eigenvalue weighted by Gasteiger charge is -2.23. The first-order valence-electron chi connectivity index (χ1n) is 6.80. The van der Waals surface area contributed by atoms with Gasteiger partial charge in [-0.05, 0) is 44.0 Å². The first-order chi connectivity index (χ1) is 9.70. The first-order valence-corrected chi connectivity index (χ1v) is 6.80. The van der Waals surface area contributed by atoms with E-state index in [9.17, 15) is 9.59 Å². The number of carbonyl (C=O) groups excluding carboxylic acids is 2. The van der Waals surface area contributed by atoms with Gasteiger partial charge in [-0.1, -0.05) is 0 Å². The Morgan fingerprint density at radius 1 is 1.25 bits per heavy atom. The molecule has 0 radical (unpaired) electrons. The zero-order valence-electron chi connectivity index (χ0n) is 11.5. The summed E-state index contributed by atoms with van der Waals surface area (Å²) in [4.78, 5) is 23.0. The number of ether oxygens (including phenoxy) is 3. The number of hydrogen-bond donors (Lipinski definition) is 0. The Labute approximate surface area is 117 Å². The molecule has 1 saturated heterocycles. The molecule has 1 unspecified atom stereocenters. The van der Waals surface area contributed by atoms with Crippen molar-refractivity contribution in [3.8, 4) is 5.75 Å². The molecule has 20 heavy (non-hydrogen) atoms. The highest BCUT2D eigenvalue weighted by Gasteiger charge is 2.18. The summed E-state index contributed by atoms with van der Waals surface area (Å²) >= 11 is 0. The predicted molar refractivity (Wildman–Crippen MR) is 71.6 cm³/mol. The van der Waals surface area contributed by atoms with E-state index in [2.05, 4.69) is 4.74 Å². The van der Waals surface area contributed by atoms with Crippen molar-refractivity contribution in [1.29, 1.82) is 0 Å². The molecule has 1 aliphatic rings. The molecule has 0 aliphatic carbocycles. The monoisotopic (exact) mass is 278 g/mol. The van der Waals surface area contributed by atoms with Gasteiger partial charge in [0, 0.05) is 12.0 Å². The van der Waals surface area contributed by atoms with Crippen LogP contribution in [0.3, 0.4) is 0 Å². The molecule has 5 heteroatoms. The number of rotatable bonds is 5. The van der Waals surface area contributed by atoms with Gasteiger partial charge in [-0.2, -0.15) is 0 Å². The zero-order chi connectivity index (χ0) is 14.4. The van der Waals surface area contributed by atoms with E-state index < -0.39 is 11.8 Å². The molecule has 1 atom stereocenters. The minimum Gasteiger partial charge on any atom is -0.465 e. The normalized spacial score (nSPS) is 18.4. The van der Waals surface area contributed by atoms with E-state index in [4.69, 9.17) is 9.47 Å². The minimum atomic E-state index is -0.836. The van der Waals surface area contributed by atoms with E-state index in [0.717, 1.165) is 19.3 Å². The highest BCUT2D eigenvalue weighted by Crippen LogP contribution is 2.19. The number of ketones is 1. The lowest BCUT2D eigenvalue weighted by molar-refractivity contribution is -0.137. The smallest absolute Gasteiger partial charge is 0.379 e. The first kappa shape index (κ1) is 14.5. The molecule has 0 N–H and O–H groups in total. The van der Waals surface area contributed by atoms with Gasteiger partial charge >= 0.3 is 5.97 Å². The molecule has 0 aromatic heterocycles. The maximum Gasteiger partial charge on any atom is 0.379 e. The number of benzene rings is 1. The van der Waals surface area contributed by atoms with Crippen molar-refractivity contribution in [2.45, 2.75) is 32.5 Å². The van der Waals surface area contributed by atoms with Crippen LogP contribution in [0.15, 0.2) is 24.3 Å². The molecule has 5 nitrogen and oxygen atoms in total. The van der Waals surface area contributed by atoms with Crippen molar-refractivity contribution in [3.05, 3.63) is 29.8 Å². The molecule has 0 saturated carbocycles. The fourth-order valence-corrected chi connectivity index (χ4v) is 1.96. The summed E-state index contributed by atoms with van der Waals surface area (Å²) in [5, 5.41) is 0. The van der Waals surface area contributed by atoms with Crippen LogP contribution in [0.4, 0.5) is 0 Å². The second-order valence-corrected chi connectivity index (χ2v) is 4.49. The lowest BCUT2D eigenvalue weighted by atomic mass is 10.1. The molecule has 1 aromatic carbocycles. The fraction of sp³-hybridized carbons (Fsp3) is 0.467. The van der Waals surface area contributed by atoms with Gasteiger partial charge in [0.25, 0.3) is 5.78 Å². The molecule has 2 rings (SSSR count). The molecule has 108 valence electrons. The average molecular weight is 278 g/mol. The quantitative estimate of drug-likeness (QED) is 0.470. The van der Waals surface area contributed by atoms with Crippen molar-refractivity contribution in [2.75, 3.05) is 13.2 Å². The second kappa shape index (κ2) is 7.05. The van der Waals surface area contributed by atoms with Crippen LogP contribution in [-0.2, 0) is 14.3 Å². The Morgan fingerprint density at radius 2 is 2.00 bits per heavy atom. The second-order valence-electron chi connectivity index (χ2n) is 4.49. The van der Waals surface area contributed by atoms with E-state index in [-0.39, 0.29) is 12.9 Å². The fourth-order valence-electron chi connectivity index (χ4n) is 1.96. The maximum absolute atomic E-state index is 11.7. The molecule has 0 bridgehead atoms. The summed E-state index contributed by atoms with van der Waals surface area (Å²) in [6.07, 6.45) is 2.79. The van der Waals surface area contributed by atoms with Crippen LogP contribution in [0.2, 0.25) is 0 Å². The van der Waals surface area contributed by atoms with Crippen LogP contribution >= 0.6 is 0 Å². The molecule has 0 amide bonds. The van der Waals surface area contributed by atoms with E-state index in [1.54, 1.807) is 31.2 Å². The number of carbonyl (C=O) groups is 2. The Kier molecular flexibility index (Phi) is 5.12. The highest BCUT2D eigenvalue weighted by molar-refractivity contribution is 6.40. The third-order valence-electron chi connectivity index (χ3n) is 2.98. The van der Waals surface area contributed by atoms with Gasteiger partial charge in [-0.25, -0.2) is 4.79 Å². The Balaban J connectivity index is 1.95. The van der Waals surface area contributed by atoms with Crippen LogP contribution in [-0.4, -0.2) is 31.3 Å². The lowest BCUT2D eigenvalue weighted by Crippen LogP contribution is -2.25. The van der Waals surface area contributed by atoms with Crippen LogP contribution in [0, 0.1) is 0 Å². The third kappa shape index (κ3) is 3.81. The molecule has 1 heterocycles. The topological polar surface area (TPSA) is 61.8 Å². The third-order valence-corrected chi connectivity index (χ3v) is 2.98. The van der Waals surface area contributed by atoms with E-state index in [1.807, 2.05) is 0 Å². The van der Waals surface area contributed by atoms with E-state index in [0.29, 0.717) is 17.9 Å². The predicted octanol–water partition coefficient (Wildman–Crippen LogP) is 2.34. The van der Waals surface area contributed by atoms with Gasteiger partial charge in [0.15, 0.2) is 6.29 Å². The highest BCUT2D eigenvalue weighted by atomic mass is 16.7. The van der Waals surface area contributed by atoms with E-state index >= 15 is 0 Å². The van der Waals surface area contributed by atoms with Crippen molar-refractivity contribution in [3.63, 3.8) is 0 Å². The van der Waals surface area contributed by atoms with Gasteiger partial charge in [0.1, 0.15) is 5.75 Å². The average Bonchev–Trinajstić information content (AvgIpc) is 2.48. The van der Waals surface area contributed by atoms with Crippen molar-refractivity contribution in [1.82, 2.24) is 0 Å². The summed E-state index contributed by atoms with van der Waals surface area (Å²) in [7, 11) is 0. The minimum absolute atomic E-state index is 0.185. The molecule has 1 aromatic rings. The summed E-state index contributed by atoms with van der Waals surface area (Å²) in [5.41, 5.74) is 0.292. The summed E-state index contributed by atoms with van der Waals surface area (Å²) in [5.74, 6) is -0.860. The van der Waals surface area contributed by atoms with Gasteiger partial charge < -0.3 is 14.2 Å². The van der Waals surface area contributed by atoms with Gasteiger partial charge in [0.05, 0.1) is 13.2 Å². The summed E-state index contributed by atoms with van der Waals surface area (Å²) < 4.78 is 15.8.